The van der Waals surface area contributed by atoms with Gasteiger partial charge in [-0.2, -0.15) is 0 Å². The normalized spacial score (nSPS) is 19.1. The summed E-state index contributed by atoms with van der Waals surface area (Å²) in [4.78, 5) is 72.2. The number of ether oxygens (including phenoxy) is 1. The van der Waals surface area contributed by atoms with Crippen molar-refractivity contribution in [1.29, 1.82) is 0 Å². The number of benzene rings is 1. The second-order valence-electron chi connectivity index (χ2n) is 12.7. The first-order valence-corrected chi connectivity index (χ1v) is 16.7. The van der Waals surface area contributed by atoms with Gasteiger partial charge in [0.05, 0.1) is 6.04 Å². The average molecular weight is 656 g/mol. The summed E-state index contributed by atoms with van der Waals surface area (Å²) in [5, 5.41) is 17.2. The van der Waals surface area contributed by atoms with Crippen LogP contribution in [0.3, 0.4) is 0 Å². The van der Waals surface area contributed by atoms with E-state index < -0.39 is 36.0 Å². The van der Waals surface area contributed by atoms with Gasteiger partial charge in [-0.3, -0.25) is 24.1 Å². The molecule has 13 heteroatoms. The summed E-state index contributed by atoms with van der Waals surface area (Å²) in [7, 11) is 3.63. The largest absolute Gasteiger partial charge is 0.480 e. The van der Waals surface area contributed by atoms with Gasteiger partial charge in [0.15, 0.2) is 6.10 Å². The van der Waals surface area contributed by atoms with E-state index >= 15 is 0 Å². The predicted molar refractivity (Wildman–Crippen MR) is 172 cm³/mol. The van der Waals surface area contributed by atoms with Gasteiger partial charge in [0.2, 0.25) is 11.8 Å². The van der Waals surface area contributed by atoms with Crippen LogP contribution < -0.4 is 10.6 Å². The third-order valence-corrected chi connectivity index (χ3v) is 9.71. The van der Waals surface area contributed by atoms with E-state index in [1.54, 1.807) is 36.2 Å². The highest BCUT2D eigenvalue weighted by Crippen LogP contribution is 2.35. The van der Waals surface area contributed by atoms with E-state index in [9.17, 15) is 29.1 Å². The maximum atomic E-state index is 13.9. The fourth-order valence-corrected chi connectivity index (χ4v) is 6.84. The highest BCUT2D eigenvalue weighted by atomic mass is 32.1. The fraction of sp³-hybridized carbons (Fsp3) is 0.576. The number of esters is 1. The van der Waals surface area contributed by atoms with Gasteiger partial charge in [-0.05, 0) is 56.7 Å². The first-order chi connectivity index (χ1) is 21.8. The molecule has 0 bridgehead atoms. The molecule has 12 nitrogen and oxygen atoms in total. The molecule has 0 spiro atoms. The van der Waals surface area contributed by atoms with Crippen LogP contribution in [-0.4, -0.2) is 94.4 Å². The van der Waals surface area contributed by atoms with Gasteiger partial charge in [-0.1, -0.05) is 44.2 Å². The Kier molecular flexibility index (Phi) is 11.9. The molecule has 0 radical (unpaired) electrons. The van der Waals surface area contributed by atoms with E-state index in [-0.39, 0.29) is 54.3 Å². The standard InChI is InChI=1S/C33H45N5O7S/c1-19(2)26(38(5)32(42)28(22-13-14-22)36-30(41)25-12-9-15-37(25)4)17-27(45-20(3)39)31-35-24(18-46-31)29(40)34-23(33(43)44)16-21-10-7-6-8-11-21/h6-8,10-11,18-19,22-23,25-28H,9,12-17H2,1-5H3,(H,34,40)(H,36,41)(H,43,44)/t23-,25+,26+,27+,28-/m0/s1. The van der Waals surface area contributed by atoms with Crippen molar-refractivity contribution in [2.24, 2.45) is 11.8 Å². The van der Waals surface area contributed by atoms with Crippen LogP contribution in [0.5, 0.6) is 0 Å². The second kappa shape index (κ2) is 15.6. The number of likely N-dealkylation sites (tertiary alicyclic amines) is 1. The lowest BCUT2D eigenvalue weighted by Gasteiger charge is -2.36. The minimum Gasteiger partial charge on any atom is -0.480 e. The number of thiazole rings is 1. The predicted octanol–water partition coefficient (Wildman–Crippen LogP) is 3.04. The summed E-state index contributed by atoms with van der Waals surface area (Å²) in [6, 6.07) is 6.57. The summed E-state index contributed by atoms with van der Waals surface area (Å²) < 4.78 is 5.67. The third-order valence-electron chi connectivity index (χ3n) is 8.77. The number of carboxylic acid groups (broad SMARTS) is 1. The zero-order chi connectivity index (χ0) is 33.5. The molecular weight excluding hydrogens is 610 g/mol. The zero-order valence-corrected chi connectivity index (χ0v) is 27.9. The number of amides is 3. The van der Waals surface area contributed by atoms with Crippen LogP contribution in [0.2, 0.25) is 0 Å². The lowest BCUT2D eigenvalue weighted by Crippen LogP contribution is -2.55. The molecule has 1 saturated carbocycles. The topological polar surface area (TPSA) is 158 Å². The van der Waals surface area contributed by atoms with Gasteiger partial charge < -0.3 is 25.4 Å². The fourth-order valence-electron chi connectivity index (χ4n) is 6.00. The van der Waals surface area contributed by atoms with Crippen molar-refractivity contribution < 1.29 is 33.8 Å². The number of carboxylic acids is 1. The molecule has 3 amide bonds. The van der Waals surface area contributed by atoms with Crippen LogP contribution in [-0.2, 0) is 30.3 Å². The molecule has 2 fully saturated rings. The molecule has 46 heavy (non-hydrogen) atoms. The Balaban J connectivity index is 1.47. The number of hydrogen-bond donors (Lipinski definition) is 3. The first kappa shape index (κ1) is 35.0. The second-order valence-corrected chi connectivity index (χ2v) is 13.6. The SMILES string of the molecule is CC(=O)O[C@H](C[C@H](C(C)C)N(C)C(=O)[C@@H](NC(=O)[C@H]1CCCN1C)C1CC1)c1nc(C(=O)N[C@@H](Cc2ccccc2)C(=O)O)cs1. The molecule has 2 aromatic rings. The highest BCUT2D eigenvalue weighted by molar-refractivity contribution is 7.09. The Morgan fingerprint density at radius 1 is 1.11 bits per heavy atom. The molecule has 4 rings (SSSR count). The van der Waals surface area contributed by atoms with Crippen molar-refractivity contribution in [3.63, 3.8) is 0 Å². The third kappa shape index (κ3) is 9.12. The van der Waals surface area contributed by atoms with Crippen LogP contribution in [0.15, 0.2) is 35.7 Å². The lowest BCUT2D eigenvalue weighted by atomic mass is 9.95. The van der Waals surface area contributed by atoms with E-state index in [1.807, 2.05) is 31.9 Å². The van der Waals surface area contributed by atoms with Crippen LogP contribution in [0.25, 0.3) is 0 Å². The number of aliphatic carboxylic acids is 1. The van der Waals surface area contributed by atoms with Gasteiger partial charge >= 0.3 is 11.9 Å². The van der Waals surface area contributed by atoms with Crippen LogP contribution >= 0.6 is 11.3 Å². The van der Waals surface area contributed by atoms with E-state index in [2.05, 4.69) is 15.6 Å². The summed E-state index contributed by atoms with van der Waals surface area (Å²) in [6.45, 7) is 6.07. The number of hydrogen-bond acceptors (Lipinski definition) is 9. The van der Waals surface area contributed by atoms with Gasteiger partial charge in [-0.25, -0.2) is 9.78 Å². The molecule has 2 aliphatic rings. The van der Waals surface area contributed by atoms with Crippen LogP contribution in [0, 0.1) is 11.8 Å². The van der Waals surface area contributed by atoms with Gasteiger partial charge in [0.1, 0.15) is 22.8 Å². The molecule has 3 N–H and O–H groups in total. The van der Waals surface area contributed by atoms with Crippen molar-refractivity contribution in [3.8, 4) is 0 Å². The summed E-state index contributed by atoms with van der Waals surface area (Å²) >= 11 is 1.12. The summed E-state index contributed by atoms with van der Waals surface area (Å²) in [5.41, 5.74) is 0.771. The summed E-state index contributed by atoms with van der Waals surface area (Å²) in [5.74, 6) is -2.64. The Bertz CT molecular complexity index is 1400. The van der Waals surface area contributed by atoms with Crippen molar-refractivity contribution in [2.75, 3.05) is 20.6 Å². The van der Waals surface area contributed by atoms with Crippen molar-refractivity contribution in [1.82, 2.24) is 25.4 Å². The number of rotatable bonds is 15. The molecule has 1 saturated heterocycles. The maximum Gasteiger partial charge on any atom is 0.326 e. The molecule has 1 aromatic carbocycles. The average Bonchev–Trinajstić information content (AvgIpc) is 3.55. The Labute approximate surface area is 273 Å². The van der Waals surface area contributed by atoms with E-state index in [0.29, 0.717) is 5.01 Å². The number of nitrogens with one attached hydrogen (secondary N) is 2. The van der Waals surface area contributed by atoms with Gasteiger partial charge in [0.25, 0.3) is 5.91 Å². The van der Waals surface area contributed by atoms with E-state index in [4.69, 9.17) is 4.74 Å². The number of carbonyl (C=O) groups is 5. The number of aromatic nitrogens is 1. The molecule has 1 aliphatic carbocycles. The van der Waals surface area contributed by atoms with E-state index in [0.717, 1.165) is 49.1 Å². The minimum absolute atomic E-state index is 0.00961. The minimum atomic E-state index is -1.17. The highest BCUT2D eigenvalue weighted by Gasteiger charge is 2.42. The van der Waals surface area contributed by atoms with Gasteiger partial charge in [0, 0.05) is 38.2 Å². The van der Waals surface area contributed by atoms with E-state index in [1.165, 1.54) is 12.3 Å². The first-order valence-electron chi connectivity index (χ1n) is 15.8. The van der Waals surface area contributed by atoms with Crippen molar-refractivity contribution >= 4 is 41.0 Å². The van der Waals surface area contributed by atoms with Crippen molar-refractivity contribution in [2.45, 2.75) is 89.6 Å². The molecule has 250 valence electrons. The maximum absolute atomic E-state index is 13.9. The number of nitrogens with zero attached hydrogens (tertiary/aromatic N) is 3. The van der Waals surface area contributed by atoms with Crippen LogP contribution in [0.1, 0.15) is 80.0 Å². The number of likely N-dealkylation sites (N-methyl/N-ethyl adjacent to an activating group) is 2. The zero-order valence-electron chi connectivity index (χ0n) is 27.1. The quantitative estimate of drug-likeness (QED) is 0.245. The Morgan fingerprint density at radius 3 is 2.37 bits per heavy atom. The monoisotopic (exact) mass is 655 g/mol. The Morgan fingerprint density at radius 2 is 1.80 bits per heavy atom. The van der Waals surface area contributed by atoms with Gasteiger partial charge in [-0.15, -0.1) is 11.3 Å². The molecule has 1 aromatic heterocycles. The smallest absolute Gasteiger partial charge is 0.326 e. The Hall–Kier alpha value is -3.84. The van der Waals surface area contributed by atoms with Crippen LogP contribution in [0.4, 0.5) is 0 Å². The van der Waals surface area contributed by atoms with Crippen molar-refractivity contribution in [3.05, 3.63) is 52.0 Å². The molecule has 5 atom stereocenters. The summed E-state index contributed by atoms with van der Waals surface area (Å²) in [6.07, 6.45) is 2.91. The lowest BCUT2D eigenvalue weighted by molar-refractivity contribution is -0.149. The molecular formula is C33H45N5O7S. The molecule has 1 aliphatic heterocycles. The molecule has 0 unspecified atom stereocenters. The molecule has 2 heterocycles. The number of carbonyl (C=O) groups excluding carboxylic acids is 4.